The Balaban J connectivity index is 1.53. The van der Waals surface area contributed by atoms with Crippen LogP contribution in [-0.2, 0) is 9.47 Å². The predicted molar refractivity (Wildman–Crippen MR) is 94.4 cm³/mol. The van der Waals surface area contributed by atoms with Gasteiger partial charge in [-0.15, -0.1) is 0 Å². The predicted octanol–water partition coefficient (Wildman–Crippen LogP) is 3.65. The van der Waals surface area contributed by atoms with Gasteiger partial charge in [0.15, 0.2) is 0 Å². The fourth-order valence-corrected chi connectivity index (χ4v) is 2.74. The van der Waals surface area contributed by atoms with Gasteiger partial charge in [-0.25, -0.2) is 9.59 Å². The van der Waals surface area contributed by atoms with Crippen molar-refractivity contribution in [1.29, 1.82) is 0 Å². The normalized spacial score (nSPS) is 19.5. The van der Waals surface area contributed by atoms with Gasteiger partial charge < -0.3 is 23.9 Å². The van der Waals surface area contributed by atoms with Gasteiger partial charge >= 0.3 is 12.1 Å². The third-order valence-corrected chi connectivity index (χ3v) is 3.99. The number of fused-ring (bicyclic) bond motifs is 1. The smallest absolute Gasteiger partial charge is 0.407 e. The van der Waals surface area contributed by atoms with E-state index in [1.165, 1.54) is 7.11 Å². The number of methoxy groups -OCH3 is 1. The van der Waals surface area contributed by atoms with Gasteiger partial charge in [-0.05, 0) is 45.0 Å². The summed E-state index contributed by atoms with van der Waals surface area (Å²) in [5.74, 6) is 0.332. The molecule has 0 aliphatic heterocycles. The first kappa shape index (κ1) is 18.1. The number of hydrogen-bond donors (Lipinski definition) is 1. The van der Waals surface area contributed by atoms with Crippen LogP contribution in [0.4, 0.5) is 4.79 Å². The average Bonchev–Trinajstić information content (AvgIpc) is 2.93. The highest BCUT2D eigenvalue weighted by atomic mass is 16.6. The van der Waals surface area contributed by atoms with Crippen LogP contribution in [0.5, 0.6) is 5.75 Å². The molecule has 1 aliphatic carbocycles. The van der Waals surface area contributed by atoms with E-state index >= 15 is 0 Å². The summed E-state index contributed by atoms with van der Waals surface area (Å²) in [4.78, 5) is 23.3. The Bertz CT molecular complexity index is 813. The molecular formula is C19H23NO6. The minimum Gasteiger partial charge on any atom is -0.490 e. The maximum absolute atomic E-state index is 11.7. The Labute approximate surface area is 151 Å². The van der Waals surface area contributed by atoms with Crippen molar-refractivity contribution in [2.45, 2.75) is 51.4 Å². The van der Waals surface area contributed by atoms with Crippen LogP contribution in [0.2, 0.25) is 0 Å². The largest absolute Gasteiger partial charge is 0.490 e. The molecule has 1 N–H and O–H groups in total. The first-order chi connectivity index (χ1) is 12.2. The third kappa shape index (κ3) is 4.28. The number of amides is 1. The van der Waals surface area contributed by atoms with Gasteiger partial charge in [0, 0.05) is 24.3 Å². The molecule has 3 rings (SSSR count). The summed E-state index contributed by atoms with van der Waals surface area (Å²) in [5.41, 5.74) is 0.0862. The summed E-state index contributed by atoms with van der Waals surface area (Å²) in [6.45, 7) is 5.49. The molecule has 1 aromatic heterocycles. The Morgan fingerprint density at radius 3 is 2.58 bits per heavy atom. The van der Waals surface area contributed by atoms with E-state index in [1.54, 1.807) is 18.2 Å². The van der Waals surface area contributed by atoms with Gasteiger partial charge in [0.2, 0.25) is 5.76 Å². The van der Waals surface area contributed by atoms with E-state index in [1.807, 2.05) is 26.8 Å². The number of hydrogen-bond acceptors (Lipinski definition) is 6. The van der Waals surface area contributed by atoms with Gasteiger partial charge in [-0.3, -0.25) is 0 Å². The minimum atomic E-state index is -0.515. The van der Waals surface area contributed by atoms with Crippen molar-refractivity contribution < 1.29 is 28.2 Å². The van der Waals surface area contributed by atoms with E-state index in [-0.39, 0.29) is 17.9 Å². The van der Waals surface area contributed by atoms with Crippen LogP contribution in [-0.4, -0.2) is 36.9 Å². The molecule has 140 valence electrons. The number of alkyl carbamates (subject to hydrolysis) is 1. The number of esters is 1. The second-order valence-electron chi connectivity index (χ2n) is 7.36. The molecule has 0 atom stereocenters. The van der Waals surface area contributed by atoms with Crippen molar-refractivity contribution in [1.82, 2.24) is 5.32 Å². The first-order valence-corrected chi connectivity index (χ1v) is 8.51. The van der Waals surface area contributed by atoms with Gasteiger partial charge in [0.1, 0.15) is 23.0 Å². The number of ether oxygens (including phenoxy) is 3. The van der Waals surface area contributed by atoms with Crippen molar-refractivity contribution in [3.63, 3.8) is 0 Å². The third-order valence-electron chi connectivity index (χ3n) is 3.99. The molecule has 0 spiro atoms. The number of nitrogens with one attached hydrogen (secondary N) is 1. The number of furan rings is 1. The highest BCUT2D eigenvalue weighted by molar-refractivity contribution is 5.92. The monoisotopic (exact) mass is 361 g/mol. The molecular weight excluding hydrogens is 338 g/mol. The van der Waals surface area contributed by atoms with Crippen LogP contribution in [0.3, 0.4) is 0 Å². The Kier molecular flexibility index (Phi) is 4.80. The van der Waals surface area contributed by atoms with Crippen LogP contribution in [0, 0.1) is 0 Å². The molecule has 1 heterocycles. The fourth-order valence-electron chi connectivity index (χ4n) is 2.74. The molecule has 0 saturated heterocycles. The summed E-state index contributed by atoms with van der Waals surface area (Å²) in [5, 5.41) is 3.60. The number of benzene rings is 1. The highest BCUT2D eigenvalue weighted by Gasteiger charge is 2.33. The summed E-state index contributed by atoms with van der Waals surface area (Å²) in [6, 6.07) is 7.05. The zero-order chi connectivity index (χ0) is 18.9. The highest BCUT2D eigenvalue weighted by Crippen LogP contribution is 2.29. The standard InChI is InChI=1S/C19H23NO6/c1-19(2,3)26-18(22)20-12-9-14(10-12)24-13-5-6-15-11(7-13)8-16(25-15)17(21)23-4/h5-8,12,14H,9-10H2,1-4H3,(H,20,22)/t12-,14+. The number of carbonyl (C=O) groups excluding carboxylic acids is 2. The summed E-state index contributed by atoms with van der Waals surface area (Å²) < 4.78 is 21.2. The van der Waals surface area contributed by atoms with E-state index in [4.69, 9.17) is 13.9 Å². The molecule has 1 amide bonds. The average molecular weight is 361 g/mol. The lowest BCUT2D eigenvalue weighted by Gasteiger charge is -2.36. The van der Waals surface area contributed by atoms with Crippen molar-refractivity contribution >= 4 is 23.0 Å². The lowest BCUT2D eigenvalue weighted by Crippen LogP contribution is -2.50. The van der Waals surface area contributed by atoms with E-state index in [2.05, 4.69) is 10.1 Å². The molecule has 1 aliphatic rings. The van der Waals surface area contributed by atoms with Gasteiger partial charge in [0.05, 0.1) is 7.11 Å². The van der Waals surface area contributed by atoms with E-state index in [0.717, 1.165) is 18.2 Å². The topological polar surface area (TPSA) is 87.0 Å². The summed E-state index contributed by atoms with van der Waals surface area (Å²) >= 11 is 0. The van der Waals surface area contributed by atoms with Gasteiger partial charge in [0.25, 0.3) is 0 Å². The first-order valence-electron chi connectivity index (χ1n) is 8.51. The van der Waals surface area contributed by atoms with Crippen LogP contribution < -0.4 is 10.1 Å². The van der Waals surface area contributed by atoms with Gasteiger partial charge in [-0.1, -0.05) is 0 Å². The minimum absolute atomic E-state index is 0.0272. The van der Waals surface area contributed by atoms with Crippen LogP contribution in [0.1, 0.15) is 44.2 Å². The number of rotatable bonds is 4. The second-order valence-corrected chi connectivity index (χ2v) is 7.36. The van der Waals surface area contributed by atoms with Crippen molar-refractivity contribution in [2.75, 3.05) is 7.11 Å². The van der Waals surface area contributed by atoms with Crippen molar-refractivity contribution in [2.24, 2.45) is 0 Å². The molecule has 0 bridgehead atoms. The van der Waals surface area contributed by atoms with Crippen LogP contribution in [0.15, 0.2) is 28.7 Å². The molecule has 7 nitrogen and oxygen atoms in total. The number of carbonyl (C=O) groups is 2. The van der Waals surface area contributed by atoms with Crippen LogP contribution >= 0.6 is 0 Å². The van der Waals surface area contributed by atoms with Crippen LogP contribution in [0.25, 0.3) is 11.0 Å². The van der Waals surface area contributed by atoms with Crippen molar-refractivity contribution in [3.8, 4) is 5.75 Å². The lowest BCUT2D eigenvalue weighted by molar-refractivity contribution is 0.0362. The molecule has 7 heteroatoms. The molecule has 26 heavy (non-hydrogen) atoms. The summed E-state index contributed by atoms with van der Waals surface area (Å²) in [7, 11) is 1.31. The maximum atomic E-state index is 11.7. The van der Waals surface area contributed by atoms with E-state index in [0.29, 0.717) is 11.3 Å². The molecule has 0 unspecified atom stereocenters. The fraction of sp³-hybridized carbons (Fsp3) is 0.474. The van der Waals surface area contributed by atoms with E-state index in [9.17, 15) is 9.59 Å². The molecule has 1 aromatic carbocycles. The van der Waals surface area contributed by atoms with E-state index < -0.39 is 17.7 Å². The Hall–Kier alpha value is -2.70. The molecule has 0 radical (unpaired) electrons. The summed E-state index contributed by atoms with van der Waals surface area (Å²) in [6.07, 6.45) is 1.06. The van der Waals surface area contributed by atoms with Gasteiger partial charge in [-0.2, -0.15) is 0 Å². The quantitative estimate of drug-likeness (QED) is 0.837. The zero-order valence-electron chi connectivity index (χ0n) is 15.3. The zero-order valence-corrected chi connectivity index (χ0v) is 15.3. The lowest BCUT2D eigenvalue weighted by atomic mass is 9.89. The second kappa shape index (κ2) is 6.90. The molecule has 1 fully saturated rings. The molecule has 1 saturated carbocycles. The Morgan fingerprint density at radius 2 is 1.92 bits per heavy atom. The Morgan fingerprint density at radius 1 is 1.19 bits per heavy atom. The van der Waals surface area contributed by atoms with Crippen molar-refractivity contribution in [3.05, 3.63) is 30.0 Å². The SMILES string of the molecule is COC(=O)c1cc2cc(O[C@H]3C[C@@H](NC(=O)OC(C)(C)C)C3)ccc2o1. The molecule has 2 aromatic rings. The maximum Gasteiger partial charge on any atom is 0.407 e.